The number of aliphatic carboxylic acids is 1. The van der Waals surface area contributed by atoms with Crippen molar-refractivity contribution in [3.8, 4) is 0 Å². The van der Waals surface area contributed by atoms with Gasteiger partial charge in [-0.05, 0) is 13.0 Å². The molecule has 0 saturated carbocycles. The number of furan rings is 1. The number of halogens is 2. The normalized spacial score (nSPS) is 11.6. The molecular weight excluding hydrogens is 182 g/mol. The second kappa shape index (κ2) is 3.16. The minimum absolute atomic E-state index is 0.0475. The number of carbonyl (C=O) groups is 1. The van der Waals surface area contributed by atoms with Gasteiger partial charge in [-0.1, -0.05) is 0 Å². The lowest BCUT2D eigenvalue weighted by atomic mass is 10.1. The van der Waals surface area contributed by atoms with E-state index in [0.29, 0.717) is 0 Å². The van der Waals surface area contributed by atoms with Crippen LogP contribution in [0.1, 0.15) is 17.7 Å². The number of carboxylic acid groups (broad SMARTS) is 1. The lowest BCUT2D eigenvalue weighted by Crippen LogP contribution is -2.18. The minimum Gasteiger partial charge on any atom is -0.481 e. The zero-order valence-electron chi connectivity index (χ0n) is 6.88. The van der Waals surface area contributed by atoms with Gasteiger partial charge in [0.1, 0.15) is 12.2 Å². The van der Waals surface area contributed by atoms with Crippen LogP contribution < -0.4 is 0 Å². The molecule has 0 bridgehead atoms. The molecule has 5 heteroatoms. The molecule has 0 aliphatic rings. The molecule has 0 atom stereocenters. The molecule has 0 saturated heterocycles. The predicted molar refractivity (Wildman–Crippen MR) is 39.6 cm³/mol. The highest BCUT2D eigenvalue weighted by Gasteiger charge is 2.37. The molecule has 0 aromatic carbocycles. The Balaban J connectivity index is 2.93. The van der Waals surface area contributed by atoms with Gasteiger partial charge in [0.05, 0.1) is 11.8 Å². The maximum absolute atomic E-state index is 13.1. The average Bonchev–Trinajstić information content (AvgIpc) is 2.32. The molecule has 1 N–H and O–H groups in total. The molecule has 1 rings (SSSR count). The topological polar surface area (TPSA) is 50.4 Å². The largest absolute Gasteiger partial charge is 0.481 e. The van der Waals surface area contributed by atoms with Crippen molar-refractivity contribution >= 4 is 5.97 Å². The van der Waals surface area contributed by atoms with Crippen molar-refractivity contribution < 1.29 is 23.1 Å². The summed E-state index contributed by atoms with van der Waals surface area (Å²) in [4.78, 5) is 10.1. The molecule has 0 aliphatic heterocycles. The van der Waals surface area contributed by atoms with Crippen LogP contribution in [0.4, 0.5) is 8.78 Å². The molecule has 0 aliphatic carbocycles. The highest BCUT2D eigenvalue weighted by atomic mass is 19.3. The molecule has 0 amide bonds. The molecular formula is C8H8F2O3. The van der Waals surface area contributed by atoms with E-state index in [1.54, 1.807) is 0 Å². The molecule has 1 heterocycles. The van der Waals surface area contributed by atoms with Gasteiger partial charge in [-0.15, -0.1) is 0 Å². The van der Waals surface area contributed by atoms with E-state index in [-0.39, 0.29) is 11.3 Å². The lowest BCUT2D eigenvalue weighted by molar-refractivity contribution is -0.145. The maximum Gasteiger partial charge on any atom is 0.309 e. The minimum atomic E-state index is -3.36. The van der Waals surface area contributed by atoms with Crippen LogP contribution in [-0.4, -0.2) is 11.1 Å². The quantitative estimate of drug-likeness (QED) is 0.794. The molecule has 0 unspecified atom stereocenters. The number of hydrogen-bond donors (Lipinski definition) is 1. The average molecular weight is 190 g/mol. The number of hydrogen-bond acceptors (Lipinski definition) is 2. The molecule has 0 radical (unpaired) electrons. The zero-order valence-corrected chi connectivity index (χ0v) is 6.88. The van der Waals surface area contributed by atoms with E-state index in [1.165, 1.54) is 6.92 Å². The van der Waals surface area contributed by atoms with Crippen molar-refractivity contribution in [3.05, 3.63) is 23.7 Å². The SMILES string of the molecule is Cc1occc1C(F)(F)CC(=O)O. The summed E-state index contributed by atoms with van der Waals surface area (Å²) < 4.78 is 30.8. The Hall–Kier alpha value is -1.39. The van der Waals surface area contributed by atoms with E-state index in [2.05, 4.69) is 4.42 Å². The summed E-state index contributed by atoms with van der Waals surface area (Å²) in [5, 5.41) is 8.23. The van der Waals surface area contributed by atoms with E-state index in [0.717, 1.165) is 12.3 Å². The van der Waals surface area contributed by atoms with Gasteiger partial charge in [0.25, 0.3) is 5.92 Å². The molecule has 72 valence electrons. The predicted octanol–water partition coefficient (Wildman–Crippen LogP) is 2.15. The standard InChI is InChI=1S/C8H8F2O3/c1-5-6(2-3-13-5)8(9,10)4-7(11)12/h2-3H,4H2,1H3,(H,11,12). The van der Waals surface area contributed by atoms with Crippen molar-refractivity contribution in [1.29, 1.82) is 0 Å². The Morgan fingerprint density at radius 3 is 2.69 bits per heavy atom. The highest BCUT2D eigenvalue weighted by Crippen LogP contribution is 2.34. The third kappa shape index (κ3) is 2.05. The van der Waals surface area contributed by atoms with Gasteiger partial charge in [-0.25, -0.2) is 8.78 Å². The first-order valence-corrected chi connectivity index (χ1v) is 3.57. The van der Waals surface area contributed by atoms with Crippen LogP contribution in [0.25, 0.3) is 0 Å². The summed E-state index contributed by atoms with van der Waals surface area (Å²) in [7, 11) is 0. The fourth-order valence-corrected chi connectivity index (χ4v) is 1.05. The van der Waals surface area contributed by atoms with E-state index >= 15 is 0 Å². The van der Waals surface area contributed by atoms with Crippen molar-refractivity contribution in [3.63, 3.8) is 0 Å². The first-order chi connectivity index (χ1) is 5.93. The number of alkyl halides is 2. The Labute approximate surface area is 73.0 Å². The van der Waals surface area contributed by atoms with E-state index < -0.39 is 18.3 Å². The summed E-state index contributed by atoms with van der Waals surface area (Å²) in [5.41, 5.74) is -0.366. The Morgan fingerprint density at radius 2 is 2.31 bits per heavy atom. The summed E-state index contributed by atoms with van der Waals surface area (Å²) in [5.74, 6) is -4.85. The smallest absolute Gasteiger partial charge is 0.309 e. The first-order valence-electron chi connectivity index (χ1n) is 3.57. The lowest BCUT2D eigenvalue weighted by Gasteiger charge is -2.12. The summed E-state index contributed by atoms with van der Waals surface area (Å²) >= 11 is 0. The van der Waals surface area contributed by atoms with E-state index in [4.69, 9.17) is 5.11 Å². The Kier molecular flexibility index (Phi) is 2.36. The number of aryl methyl sites for hydroxylation is 1. The molecule has 13 heavy (non-hydrogen) atoms. The fourth-order valence-electron chi connectivity index (χ4n) is 1.05. The third-order valence-electron chi connectivity index (χ3n) is 1.63. The monoisotopic (exact) mass is 190 g/mol. The van der Waals surface area contributed by atoms with E-state index in [9.17, 15) is 13.6 Å². The van der Waals surface area contributed by atoms with Crippen molar-refractivity contribution in [2.24, 2.45) is 0 Å². The van der Waals surface area contributed by atoms with Crippen LogP contribution in [0, 0.1) is 6.92 Å². The summed E-state index contributed by atoms with van der Waals surface area (Å²) in [6.45, 7) is 1.37. The van der Waals surface area contributed by atoms with E-state index in [1.807, 2.05) is 0 Å². The number of rotatable bonds is 3. The van der Waals surface area contributed by atoms with Crippen LogP contribution in [0.2, 0.25) is 0 Å². The molecule has 0 spiro atoms. The summed E-state index contributed by atoms with van der Waals surface area (Å²) in [6.07, 6.45) is -0.103. The number of carboxylic acids is 1. The molecule has 1 aromatic rings. The Morgan fingerprint density at radius 1 is 1.69 bits per heavy atom. The summed E-state index contributed by atoms with van der Waals surface area (Å²) in [6, 6.07) is 1.08. The van der Waals surface area contributed by atoms with Gasteiger partial charge in [0.15, 0.2) is 0 Å². The zero-order chi connectivity index (χ0) is 10.1. The third-order valence-corrected chi connectivity index (χ3v) is 1.63. The molecule has 0 fully saturated rings. The van der Waals surface area contributed by atoms with Gasteiger partial charge >= 0.3 is 5.97 Å². The second-order valence-corrected chi connectivity index (χ2v) is 2.67. The van der Waals surface area contributed by atoms with Gasteiger partial charge < -0.3 is 9.52 Å². The van der Waals surface area contributed by atoms with Crippen LogP contribution in [0.15, 0.2) is 16.7 Å². The first kappa shape index (κ1) is 9.70. The van der Waals surface area contributed by atoms with Crippen molar-refractivity contribution in [2.45, 2.75) is 19.3 Å². The van der Waals surface area contributed by atoms with Crippen molar-refractivity contribution in [2.75, 3.05) is 0 Å². The van der Waals surface area contributed by atoms with Gasteiger partial charge in [0.2, 0.25) is 0 Å². The molecule has 1 aromatic heterocycles. The second-order valence-electron chi connectivity index (χ2n) is 2.67. The highest BCUT2D eigenvalue weighted by molar-refractivity contribution is 5.68. The van der Waals surface area contributed by atoms with Crippen LogP contribution in [0.3, 0.4) is 0 Å². The molecule has 3 nitrogen and oxygen atoms in total. The van der Waals surface area contributed by atoms with Crippen molar-refractivity contribution in [1.82, 2.24) is 0 Å². The van der Waals surface area contributed by atoms with Crippen LogP contribution in [0.5, 0.6) is 0 Å². The maximum atomic E-state index is 13.1. The van der Waals surface area contributed by atoms with Gasteiger partial charge in [0, 0.05) is 0 Å². The fraction of sp³-hybridized carbons (Fsp3) is 0.375. The van der Waals surface area contributed by atoms with Gasteiger partial charge in [-0.2, -0.15) is 0 Å². The Bertz CT molecular complexity index is 317. The van der Waals surface area contributed by atoms with Gasteiger partial charge in [-0.3, -0.25) is 4.79 Å². The van der Waals surface area contributed by atoms with Crippen LogP contribution in [-0.2, 0) is 10.7 Å². The van der Waals surface area contributed by atoms with Crippen LogP contribution >= 0.6 is 0 Å².